The third-order valence-corrected chi connectivity index (χ3v) is 3.43. The summed E-state index contributed by atoms with van der Waals surface area (Å²) < 4.78 is 1.80. The number of anilines is 1. The van der Waals surface area contributed by atoms with Gasteiger partial charge in [0.25, 0.3) is 0 Å². The minimum absolute atomic E-state index is 0.698. The van der Waals surface area contributed by atoms with Crippen LogP contribution in [0.5, 0.6) is 0 Å². The smallest absolute Gasteiger partial charge is 0.131 e. The Bertz CT molecular complexity index is 717. The molecule has 3 rings (SSSR count). The number of hydrogen-bond donors (Lipinski definition) is 1. The fourth-order valence-electron chi connectivity index (χ4n) is 2.43. The Morgan fingerprint density at radius 1 is 1.05 bits per heavy atom. The molecule has 0 aliphatic carbocycles. The zero-order valence-corrected chi connectivity index (χ0v) is 12.0. The highest BCUT2D eigenvalue weighted by Crippen LogP contribution is 2.29. The molecular formula is C17H18N4. The second kappa shape index (κ2) is 5.79. The fourth-order valence-corrected chi connectivity index (χ4v) is 2.43. The molecule has 2 aromatic heterocycles. The molecule has 0 aliphatic heterocycles. The standard InChI is InChI=1S/C17H18N4/c1-2-8-14-16(15-11-6-7-12-19-15)20-21(17(14)18)13-9-4-3-5-10-13/h3-7,9-12H,2,8,18H2,1H3. The van der Waals surface area contributed by atoms with Crippen LogP contribution in [-0.4, -0.2) is 14.8 Å². The van der Waals surface area contributed by atoms with Crippen molar-refractivity contribution in [3.8, 4) is 17.1 Å². The van der Waals surface area contributed by atoms with Crippen molar-refractivity contribution in [2.24, 2.45) is 0 Å². The molecule has 0 radical (unpaired) electrons. The summed E-state index contributed by atoms with van der Waals surface area (Å²) in [6.45, 7) is 2.14. The van der Waals surface area contributed by atoms with Crippen molar-refractivity contribution >= 4 is 5.82 Å². The van der Waals surface area contributed by atoms with Gasteiger partial charge in [-0.1, -0.05) is 37.6 Å². The van der Waals surface area contributed by atoms with Gasteiger partial charge in [-0.2, -0.15) is 5.10 Å². The van der Waals surface area contributed by atoms with E-state index in [9.17, 15) is 0 Å². The number of pyridine rings is 1. The van der Waals surface area contributed by atoms with Crippen molar-refractivity contribution in [3.05, 3.63) is 60.3 Å². The maximum absolute atomic E-state index is 6.33. The van der Waals surface area contributed by atoms with E-state index in [0.29, 0.717) is 5.82 Å². The van der Waals surface area contributed by atoms with Gasteiger partial charge in [0.2, 0.25) is 0 Å². The van der Waals surface area contributed by atoms with E-state index in [1.54, 1.807) is 10.9 Å². The minimum Gasteiger partial charge on any atom is -0.383 e. The summed E-state index contributed by atoms with van der Waals surface area (Å²) in [5.41, 5.74) is 10.1. The van der Waals surface area contributed by atoms with Crippen LogP contribution in [0, 0.1) is 0 Å². The topological polar surface area (TPSA) is 56.7 Å². The van der Waals surface area contributed by atoms with E-state index < -0.39 is 0 Å². The van der Waals surface area contributed by atoms with E-state index in [1.807, 2.05) is 48.5 Å². The van der Waals surface area contributed by atoms with Gasteiger partial charge in [0.15, 0.2) is 0 Å². The first-order valence-corrected chi connectivity index (χ1v) is 7.15. The molecule has 2 heterocycles. The molecule has 0 spiro atoms. The molecule has 0 unspecified atom stereocenters. The van der Waals surface area contributed by atoms with Crippen LogP contribution < -0.4 is 5.73 Å². The molecule has 4 nitrogen and oxygen atoms in total. The predicted octanol–water partition coefficient (Wildman–Crippen LogP) is 3.47. The Morgan fingerprint density at radius 3 is 2.48 bits per heavy atom. The van der Waals surface area contributed by atoms with Crippen LogP contribution in [0.25, 0.3) is 17.1 Å². The zero-order valence-electron chi connectivity index (χ0n) is 12.0. The van der Waals surface area contributed by atoms with Gasteiger partial charge in [0.1, 0.15) is 11.5 Å². The molecule has 1 aromatic carbocycles. The largest absolute Gasteiger partial charge is 0.383 e. The number of nitrogens with zero attached hydrogens (tertiary/aromatic N) is 3. The first-order chi connectivity index (χ1) is 10.3. The lowest BCUT2D eigenvalue weighted by atomic mass is 10.1. The molecule has 0 saturated heterocycles. The first-order valence-electron chi connectivity index (χ1n) is 7.15. The van der Waals surface area contributed by atoms with Crippen molar-refractivity contribution < 1.29 is 0 Å². The molecule has 0 amide bonds. The van der Waals surface area contributed by atoms with Crippen LogP contribution in [0.4, 0.5) is 5.82 Å². The number of hydrogen-bond acceptors (Lipinski definition) is 3. The van der Waals surface area contributed by atoms with Crippen LogP contribution in [0.2, 0.25) is 0 Å². The second-order valence-electron chi connectivity index (χ2n) is 4.92. The summed E-state index contributed by atoms with van der Waals surface area (Å²) in [4.78, 5) is 4.41. The van der Waals surface area contributed by atoms with Crippen molar-refractivity contribution in [2.75, 3.05) is 5.73 Å². The lowest BCUT2D eigenvalue weighted by Gasteiger charge is -2.04. The maximum atomic E-state index is 6.33. The lowest BCUT2D eigenvalue weighted by molar-refractivity contribution is 0.891. The van der Waals surface area contributed by atoms with Crippen LogP contribution in [0.3, 0.4) is 0 Å². The summed E-state index contributed by atoms with van der Waals surface area (Å²) in [5.74, 6) is 0.698. The average molecular weight is 278 g/mol. The minimum atomic E-state index is 0.698. The lowest BCUT2D eigenvalue weighted by Crippen LogP contribution is -2.02. The molecule has 0 bridgehead atoms. The van der Waals surface area contributed by atoms with Crippen LogP contribution in [0.1, 0.15) is 18.9 Å². The van der Waals surface area contributed by atoms with Gasteiger partial charge in [-0.25, -0.2) is 4.68 Å². The summed E-state index contributed by atoms with van der Waals surface area (Å²) in [7, 11) is 0. The molecule has 21 heavy (non-hydrogen) atoms. The number of nitrogen functional groups attached to an aromatic ring is 1. The predicted molar refractivity (Wildman–Crippen MR) is 85.2 cm³/mol. The van der Waals surface area contributed by atoms with Gasteiger partial charge in [-0.15, -0.1) is 0 Å². The van der Waals surface area contributed by atoms with Crippen molar-refractivity contribution in [1.82, 2.24) is 14.8 Å². The van der Waals surface area contributed by atoms with E-state index in [4.69, 9.17) is 10.8 Å². The Balaban J connectivity index is 2.16. The Kier molecular flexibility index (Phi) is 3.69. The first kappa shape index (κ1) is 13.4. The Morgan fingerprint density at radius 2 is 1.81 bits per heavy atom. The Hall–Kier alpha value is -2.62. The van der Waals surface area contributed by atoms with Gasteiger partial charge in [-0.05, 0) is 30.7 Å². The van der Waals surface area contributed by atoms with Gasteiger partial charge in [-0.3, -0.25) is 4.98 Å². The number of nitrogens with two attached hydrogens (primary N) is 1. The Labute approximate surface area is 124 Å². The molecule has 106 valence electrons. The van der Waals surface area contributed by atoms with Crippen LogP contribution in [0.15, 0.2) is 54.7 Å². The summed E-state index contributed by atoms with van der Waals surface area (Å²) in [6, 6.07) is 15.8. The van der Waals surface area contributed by atoms with Gasteiger partial charge < -0.3 is 5.73 Å². The maximum Gasteiger partial charge on any atom is 0.131 e. The molecular weight excluding hydrogens is 260 g/mol. The molecule has 4 heteroatoms. The number of benzene rings is 1. The molecule has 0 fully saturated rings. The molecule has 0 aliphatic rings. The van der Waals surface area contributed by atoms with Gasteiger partial charge >= 0.3 is 0 Å². The molecule has 2 N–H and O–H groups in total. The second-order valence-corrected chi connectivity index (χ2v) is 4.92. The highest BCUT2D eigenvalue weighted by atomic mass is 15.3. The highest BCUT2D eigenvalue weighted by molar-refractivity contribution is 5.67. The average Bonchev–Trinajstić information content (AvgIpc) is 2.87. The van der Waals surface area contributed by atoms with Gasteiger partial charge in [0.05, 0.1) is 11.4 Å². The zero-order chi connectivity index (χ0) is 14.7. The molecule has 3 aromatic rings. The highest BCUT2D eigenvalue weighted by Gasteiger charge is 2.17. The summed E-state index contributed by atoms with van der Waals surface area (Å²) in [6.07, 6.45) is 3.69. The van der Waals surface area contributed by atoms with Crippen molar-refractivity contribution in [1.29, 1.82) is 0 Å². The van der Waals surface area contributed by atoms with E-state index in [0.717, 1.165) is 35.5 Å². The van der Waals surface area contributed by atoms with Crippen LogP contribution in [-0.2, 0) is 6.42 Å². The third kappa shape index (κ3) is 2.52. The monoisotopic (exact) mass is 278 g/mol. The van der Waals surface area contributed by atoms with E-state index >= 15 is 0 Å². The quantitative estimate of drug-likeness (QED) is 0.795. The number of para-hydroxylation sites is 1. The van der Waals surface area contributed by atoms with E-state index in [1.165, 1.54) is 0 Å². The summed E-state index contributed by atoms with van der Waals surface area (Å²) in [5, 5.41) is 4.70. The third-order valence-electron chi connectivity index (χ3n) is 3.43. The van der Waals surface area contributed by atoms with Crippen molar-refractivity contribution in [2.45, 2.75) is 19.8 Å². The van der Waals surface area contributed by atoms with Crippen LogP contribution >= 0.6 is 0 Å². The molecule has 0 saturated carbocycles. The molecule has 0 atom stereocenters. The number of rotatable bonds is 4. The van der Waals surface area contributed by atoms with E-state index in [-0.39, 0.29) is 0 Å². The summed E-state index contributed by atoms with van der Waals surface area (Å²) >= 11 is 0. The fraction of sp³-hybridized carbons (Fsp3) is 0.176. The van der Waals surface area contributed by atoms with E-state index in [2.05, 4.69) is 11.9 Å². The SMILES string of the molecule is CCCc1c(-c2ccccn2)nn(-c2ccccc2)c1N. The number of aromatic nitrogens is 3. The van der Waals surface area contributed by atoms with Crippen molar-refractivity contribution in [3.63, 3.8) is 0 Å². The normalized spacial score (nSPS) is 10.7. The van der Waals surface area contributed by atoms with Gasteiger partial charge in [0, 0.05) is 11.8 Å².